The normalized spacial score (nSPS) is 22.4. The second-order valence-corrected chi connectivity index (χ2v) is 4.08. The SMILES string of the molecule is Cc1ccc(N2CCNC[C@H]2C)cc1. The molecular weight excluding hydrogens is 172 g/mol. The first-order valence-electron chi connectivity index (χ1n) is 5.31. The fourth-order valence-electron chi connectivity index (χ4n) is 1.96. The number of nitrogens with zero attached hydrogens (tertiary/aromatic N) is 1. The first kappa shape index (κ1) is 9.53. The van der Waals surface area contributed by atoms with Crippen molar-refractivity contribution in [2.24, 2.45) is 0 Å². The molecule has 1 aliphatic rings. The summed E-state index contributed by atoms with van der Waals surface area (Å²) in [6.07, 6.45) is 0. The summed E-state index contributed by atoms with van der Waals surface area (Å²) in [5.74, 6) is 0. The number of anilines is 1. The molecule has 0 aliphatic carbocycles. The van der Waals surface area contributed by atoms with Crippen LogP contribution in [0, 0.1) is 6.92 Å². The molecule has 2 heteroatoms. The predicted molar refractivity (Wildman–Crippen MR) is 60.9 cm³/mol. The van der Waals surface area contributed by atoms with E-state index in [1.165, 1.54) is 11.3 Å². The molecule has 1 atom stereocenters. The minimum atomic E-state index is 0.603. The van der Waals surface area contributed by atoms with Crippen LogP contribution in [0.4, 0.5) is 5.69 Å². The molecule has 1 aliphatic heterocycles. The average molecular weight is 190 g/mol. The summed E-state index contributed by atoms with van der Waals surface area (Å²) in [5, 5.41) is 3.40. The van der Waals surface area contributed by atoms with E-state index < -0.39 is 0 Å². The number of piperazine rings is 1. The zero-order valence-corrected chi connectivity index (χ0v) is 8.96. The Labute approximate surface area is 85.9 Å². The molecule has 14 heavy (non-hydrogen) atoms. The van der Waals surface area contributed by atoms with Crippen molar-refractivity contribution in [3.8, 4) is 0 Å². The van der Waals surface area contributed by atoms with Crippen LogP contribution in [0.15, 0.2) is 24.3 Å². The Balaban J connectivity index is 2.16. The Morgan fingerprint density at radius 2 is 2.00 bits per heavy atom. The van der Waals surface area contributed by atoms with Gasteiger partial charge in [-0.25, -0.2) is 0 Å². The van der Waals surface area contributed by atoms with Gasteiger partial charge in [-0.3, -0.25) is 0 Å². The van der Waals surface area contributed by atoms with Gasteiger partial charge in [0.25, 0.3) is 0 Å². The molecule has 0 bridgehead atoms. The minimum absolute atomic E-state index is 0.603. The lowest BCUT2D eigenvalue weighted by Gasteiger charge is -2.35. The Kier molecular flexibility index (Phi) is 2.73. The third kappa shape index (κ3) is 1.90. The molecule has 0 unspecified atom stereocenters. The summed E-state index contributed by atoms with van der Waals surface area (Å²) in [7, 11) is 0. The van der Waals surface area contributed by atoms with Crippen LogP contribution in [0.5, 0.6) is 0 Å². The van der Waals surface area contributed by atoms with Crippen molar-refractivity contribution in [2.45, 2.75) is 19.9 Å². The van der Waals surface area contributed by atoms with E-state index in [2.05, 4.69) is 48.3 Å². The number of hydrogen-bond donors (Lipinski definition) is 1. The van der Waals surface area contributed by atoms with Crippen molar-refractivity contribution in [3.63, 3.8) is 0 Å². The monoisotopic (exact) mass is 190 g/mol. The van der Waals surface area contributed by atoms with Gasteiger partial charge in [0.2, 0.25) is 0 Å². The fourth-order valence-corrected chi connectivity index (χ4v) is 1.96. The zero-order valence-electron chi connectivity index (χ0n) is 8.96. The smallest absolute Gasteiger partial charge is 0.0386 e. The van der Waals surface area contributed by atoms with Crippen molar-refractivity contribution < 1.29 is 0 Å². The second kappa shape index (κ2) is 4.01. The Morgan fingerprint density at radius 3 is 2.64 bits per heavy atom. The first-order valence-corrected chi connectivity index (χ1v) is 5.31. The van der Waals surface area contributed by atoms with Crippen LogP contribution in [0.1, 0.15) is 12.5 Å². The molecule has 1 heterocycles. The van der Waals surface area contributed by atoms with E-state index in [9.17, 15) is 0 Å². The van der Waals surface area contributed by atoms with Gasteiger partial charge in [-0.2, -0.15) is 0 Å². The highest BCUT2D eigenvalue weighted by Crippen LogP contribution is 2.18. The third-order valence-corrected chi connectivity index (χ3v) is 2.87. The van der Waals surface area contributed by atoms with E-state index in [4.69, 9.17) is 0 Å². The molecule has 0 saturated carbocycles. The molecule has 1 aromatic carbocycles. The second-order valence-electron chi connectivity index (χ2n) is 4.08. The van der Waals surface area contributed by atoms with Crippen LogP contribution in [0.2, 0.25) is 0 Å². The number of aryl methyl sites for hydroxylation is 1. The Hall–Kier alpha value is -1.02. The highest BCUT2D eigenvalue weighted by atomic mass is 15.2. The van der Waals surface area contributed by atoms with E-state index in [0.29, 0.717) is 6.04 Å². The van der Waals surface area contributed by atoms with Crippen molar-refractivity contribution in [2.75, 3.05) is 24.5 Å². The first-order chi connectivity index (χ1) is 6.77. The van der Waals surface area contributed by atoms with Crippen molar-refractivity contribution in [1.29, 1.82) is 0 Å². The van der Waals surface area contributed by atoms with E-state index in [-0.39, 0.29) is 0 Å². The Morgan fingerprint density at radius 1 is 1.29 bits per heavy atom. The Bertz CT molecular complexity index is 292. The van der Waals surface area contributed by atoms with Gasteiger partial charge in [-0.1, -0.05) is 17.7 Å². The number of hydrogen-bond acceptors (Lipinski definition) is 2. The number of benzene rings is 1. The lowest BCUT2D eigenvalue weighted by molar-refractivity contribution is 0.501. The molecule has 1 aromatic rings. The summed E-state index contributed by atoms with van der Waals surface area (Å²) in [6.45, 7) is 7.70. The summed E-state index contributed by atoms with van der Waals surface area (Å²) in [4.78, 5) is 2.47. The molecule has 2 rings (SSSR count). The summed E-state index contributed by atoms with van der Waals surface area (Å²) >= 11 is 0. The van der Waals surface area contributed by atoms with Crippen LogP contribution in [-0.4, -0.2) is 25.7 Å². The van der Waals surface area contributed by atoms with E-state index in [0.717, 1.165) is 19.6 Å². The highest BCUT2D eigenvalue weighted by molar-refractivity contribution is 5.48. The minimum Gasteiger partial charge on any atom is -0.366 e. The molecule has 1 saturated heterocycles. The van der Waals surface area contributed by atoms with Crippen LogP contribution in [-0.2, 0) is 0 Å². The van der Waals surface area contributed by atoms with E-state index in [1.807, 2.05) is 0 Å². The van der Waals surface area contributed by atoms with Gasteiger partial charge in [0, 0.05) is 31.4 Å². The third-order valence-electron chi connectivity index (χ3n) is 2.87. The van der Waals surface area contributed by atoms with Crippen molar-refractivity contribution in [3.05, 3.63) is 29.8 Å². The highest BCUT2D eigenvalue weighted by Gasteiger charge is 2.17. The van der Waals surface area contributed by atoms with Gasteiger partial charge in [0.1, 0.15) is 0 Å². The van der Waals surface area contributed by atoms with Gasteiger partial charge in [0.05, 0.1) is 0 Å². The topological polar surface area (TPSA) is 15.3 Å². The molecule has 0 radical (unpaired) electrons. The van der Waals surface area contributed by atoms with E-state index in [1.54, 1.807) is 0 Å². The van der Waals surface area contributed by atoms with E-state index >= 15 is 0 Å². The maximum Gasteiger partial charge on any atom is 0.0386 e. The number of nitrogens with one attached hydrogen (secondary N) is 1. The predicted octanol–water partition coefficient (Wildman–Crippen LogP) is 1.79. The standard InChI is InChI=1S/C12H18N2/c1-10-3-5-12(6-4-10)14-8-7-13-9-11(14)2/h3-6,11,13H,7-9H2,1-2H3/t11-/m1/s1. The lowest BCUT2D eigenvalue weighted by Crippen LogP contribution is -2.49. The maximum absolute atomic E-state index is 3.40. The molecule has 76 valence electrons. The molecule has 1 fully saturated rings. The summed E-state index contributed by atoms with van der Waals surface area (Å²) < 4.78 is 0. The summed E-state index contributed by atoms with van der Waals surface area (Å²) in [6, 6.07) is 9.41. The molecule has 1 N–H and O–H groups in total. The van der Waals surface area contributed by atoms with Crippen LogP contribution >= 0.6 is 0 Å². The molecule has 0 spiro atoms. The van der Waals surface area contributed by atoms with Crippen molar-refractivity contribution in [1.82, 2.24) is 5.32 Å². The lowest BCUT2D eigenvalue weighted by atomic mass is 10.1. The average Bonchev–Trinajstić information content (AvgIpc) is 2.20. The van der Waals surface area contributed by atoms with Crippen LogP contribution in [0.3, 0.4) is 0 Å². The molecule has 0 aromatic heterocycles. The maximum atomic E-state index is 3.40. The largest absolute Gasteiger partial charge is 0.366 e. The van der Waals surface area contributed by atoms with Crippen LogP contribution in [0.25, 0.3) is 0 Å². The van der Waals surface area contributed by atoms with Gasteiger partial charge in [-0.05, 0) is 26.0 Å². The summed E-state index contributed by atoms with van der Waals surface area (Å²) in [5.41, 5.74) is 2.68. The molecule has 0 amide bonds. The van der Waals surface area contributed by atoms with Gasteiger partial charge in [0.15, 0.2) is 0 Å². The van der Waals surface area contributed by atoms with Gasteiger partial charge in [-0.15, -0.1) is 0 Å². The van der Waals surface area contributed by atoms with Crippen LogP contribution < -0.4 is 10.2 Å². The molecule has 2 nitrogen and oxygen atoms in total. The zero-order chi connectivity index (χ0) is 9.97. The fraction of sp³-hybridized carbons (Fsp3) is 0.500. The van der Waals surface area contributed by atoms with Crippen molar-refractivity contribution >= 4 is 5.69 Å². The van der Waals surface area contributed by atoms with Gasteiger partial charge < -0.3 is 10.2 Å². The van der Waals surface area contributed by atoms with Gasteiger partial charge >= 0.3 is 0 Å². The number of rotatable bonds is 1. The molecular formula is C12H18N2. The quantitative estimate of drug-likeness (QED) is 0.726.